The number of aromatic nitrogens is 2. The Bertz CT molecular complexity index is 2970. The number of aliphatic carboxylic acids is 2. The van der Waals surface area contributed by atoms with Crippen molar-refractivity contribution in [1.29, 1.82) is 0 Å². The zero-order valence-corrected chi connectivity index (χ0v) is 36.9. The van der Waals surface area contributed by atoms with Crippen LogP contribution in [0.2, 0.25) is 0 Å². The number of nitrogens with one attached hydrogen (secondary N) is 4. The van der Waals surface area contributed by atoms with E-state index in [2.05, 4.69) is 25.9 Å². The highest BCUT2D eigenvalue weighted by Crippen LogP contribution is 2.27. The molecule has 0 aliphatic heterocycles. The molecule has 8 rings (SSSR count). The highest BCUT2D eigenvalue weighted by molar-refractivity contribution is 5.96. The number of carbonyl (C=O) groups is 4. The smallest absolute Gasteiger partial charge is 0.326 e. The SMILES string of the molecule is O=C(Cc1ccc(C[C@H](NCOCc2ccc(COc3cccc4[nH]ccc34)cc2)C(=O)O)cc1)Nc1cccc(-c2ccc(Cc3ocnc3C(=O)N[C@@H](Cc3ccccc3)C(=O)O)cc2)c1. The van der Waals surface area contributed by atoms with Crippen LogP contribution in [-0.2, 0) is 58.0 Å². The topological polar surface area (TPSA) is 205 Å². The van der Waals surface area contributed by atoms with Gasteiger partial charge in [0.2, 0.25) is 5.91 Å². The minimum atomic E-state index is -1.15. The number of carbonyl (C=O) groups excluding carboxylic acids is 2. The quantitative estimate of drug-likeness (QED) is 0.0282. The lowest BCUT2D eigenvalue weighted by Crippen LogP contribution is -2.42. The van der Waals surface area contributed by atoms with E-state index in [1.54, 1.807) is 12.1 Å². The number of carboxylic acids is 2. The van der Waals surface area contributed by atoms with Gasteiger partial charge in [0, 0.05) is 35.6 Å². The van der Waals surface area contributed by atoms with Gasteiger partial charge in [0.1, 0.15) is 30.2 Å². The highest BCUT2D eigenvalue weighted by atomic mass is 16.5. The fourth-order valence-electron chi connectivity index (χ4n) is 7.70. The van der Waals surface area contributed by atoms with Gasteiger partial charge in [0.25, 0.3) is 5.91 Å². The van der Waals surface area contributed by atoms with Crippen LogP contribution in [-0.4, -0.2) is 62.7 Å². The standard InChI is InChI=1S/C54H49N5O9/c60-50(29-38-14-12-36(13-15-38)26-46(53(62)63)56-33-66-31-39-16-18-40(19-17-39)32-67-48-11-5-10-45-44(48)24-25-55-45)58-43-9-4-8-42(30-43)41-22-20-37(21-23-41)28-49-51(57-34-68-49)52(61)59-47(54(64)65)27-35-6-2-1-3-7-35/h1-25,30,34,46-47,55-56H,26-29,31-33H2,(H,58,60)(H,59,61)(H,62,63)(H,64,65)/t46-,47-/m0/s1. The zero-order valence-electron chi connectivity index (χ0n) is 36.9. The van der Waals surface area contributed by atoms with Crippen LogP contribution in [0.3, 0.4) is 0 Å². The van der Waals surface area contributed by atoms with Gasteiger partial charge in [-0.1, -0.05) is 121 Å². The number of carboxylic acid groups (broad SMARTS) is 2. The van der Waals surface area contributed by atoms with E-state index in [4.69, 9.17) is 13.9 Å². The van der Waals surface area contributed by atoms with Gasteiger partial charge < -0.3 is 39.7 Å². The molecule has 344 valence electrons. The molecule has 0 unspecified atom stereocenters. The van der Waals surface area contributed by atoms with Crippen molar-refractivity contribution >= 4 is 40.3 Å². The third-order valence-corrected chi connectivity index (χ3v) is 11.3. The molecule has 14 heteroatoms. The number of rotatable bonds is 22. The molecule has 2 amide bonds. The average molecular weight is 912 g/mol. The van der Waals surface area contributed by atoms with Crippen molar-refractivity contribution < 1.29 is 43.3 Å². The second kappa shape index (κ2) is 22.2. The Hall–Kier alpha value is -8.33. The first-order chi connectivity index (χ1) is 33.1. The van der Waals surface area contributed by atoms with Crippen LogP contribution < -0.4 is 20.7 Å². The molecule has 2 aromatic heterocycles. The molecule has 2 atom stereocenters. The summed E-state index contributed by atoms with van der Waals surface area (Å²) in [7, 11) is 0. The van der Waals surface area contributed by atoms with Crippen LogP contribution in [0, 0.1) is 0 Å². The number of benzene rings is 6. The van der Waals surface area contributed by atoms with Crippen LogP contribution in [0.15, 0.2) is 169 Å². The summed E-state index contributed by atoms with van der Waals surface area (Å²) >= 11 is 0. The van der Waals surface area contributed by atoms with Gasteiger partial charge in [-0.3, -0.25) is 19.7 Å². The molecule has 8 aromatic rings. The van der Waals surface area contributed by atoms with Crippen molar-refractivity contribution in [3.8, 4) is 16.9 Å². The van der Waals surface area contributed by atoms with E-state index in [-0.39, 0.29) is 44.0 Å². The first-order valence-corrected chi connectivity index (χ1v) is 22.0. The molecular weight excluding hydrogens is 863 g/mol. The Balaban J connectivity index is 0.769. The minimum absolute atomic E-state index is 0.0222. The largest absolute Gasteiger partial charge is 0.488 e. The molecule has 14 nitrogen and oxygen atoms in total. The number of hydrogen-bond donors (Lipinski definition) is 6. The molecule has 2 heterocycles. The van der Waals surface area contributed by atoms with Crippen LogP contribution in [0.25, 0.3) is 22.0 Å². The van der Waals surface area contributed by atoms with Crippen LogP contribution in [0.4, 0.5) is 5.69 Å². The molecule has 0 fully saturated rings. The Labute approximate surface area is 392 Å². The van der Waals surface area contributed by atoms with Gasteiger partial charge in [-0.2, -0.15) is 0 Å². The number of fused-ring (bicyclic) bond motifs is 1. The number of ether oxygens (including phenoxy) is 2. The van der Waals surface area contributed by atoms with Gasteiger partial charge in [-0.25, -0.2) is 9.78 Å². The van der Waals surface area contributed by atoms with Gasteiger partial charge in [0.15, 0.2) is 12.1 Å². The van der Waals surface area contributed by atoms with Crippen LogP contribution in [0.1, 0.15) is 49.6 Å². The van der Waals surface area contributed by atoms with Crippen molar-refractivity contribution in [2.24, 2.45) is 0 Å². The number of anilines is 1. The maximum absolute atomic E-state index is 13.1. The first kappa shape index (κ1) is 46.2. The molecule has 0 bridgehead atoms. The number of aromatic amines is 1. The minimum Gasteiger partial charge on any atom is -0.488 e. The number of amides is 2. The lowest BCUT2D eigenvalue weighted by atomic mass is 10.0. The van der Waals surface area contributed by atoms with E-state index >= 15 is 0 Å². The summed E-state index contributed by atoms with van der Waals surface area (Å²) in [4.78, 5) is 57.5. The van der Waals surface area contributed by atoms with Crippen molar-refractivity contribution in [2.75, 3.05) is 12.0 Å². The predicted octanol–water partition coefficient (Wildman–Crippen LogP) is 8.36. The highest BCUT2D eigenvalue weighted by Gasteiger charge is 2.25. The monoisotopic (exact) mass is 911 g/mol. The van der Waals surface area contributed by atoms with Gasteiger partial charge in [-0.15, -0.1) is 0 Å². The molecular formula is C54H49N5O9. The normalized spacial score (nSPS) is 12.0. The molecule has 0 aliphatic carbocycles. The molecule has 6 N–H and O–H groups in total. The zero-order chi connectivity index (χ0) is 47.2. The second-order valence-electron chi connectivity index (χ2n) is 16.3. The van der Waals surface area contributed by atoms with E-state index in [9.17, 15) is 29.4 Å². The number of hydrogen-bond acceptors (Lipinski definition) is 9. The Kier molecular flexibility index (Phi) is 15.1. The van der Waals surface area contributed by atoms with Gasteiger partial charge in [0.05, 0.1) is 19.8 Å². The maximum atomic E-state index is 13.1. The molecule has 68 heavy (non-hydrogen) atoms. The third-order valence-electron chi connectivity index (χ3n) is 11.3. The van der Waals surface area contributed by atoms with Gasteiger partial charge in [-0.05, 0) is 81.3 Å². The summed E-state index contributed by atoms with van der Waals surface area (Å²) in [6.45, 7) is 0.786. The van der Waals surface area contributed by atoms with Crippen molar-refractivity contribution in [3.05, 3.63) is 209 Å². The molecule has 6 aromatic carbocycles. The third kappa shape index (κ3) is 12.5. The molecule has 0 spiro atoms. The fourth-order valence-corrected chi connectivity index (χ4v) is 7.70. The van der Waals surface area contributed by atoms with Gasteiger partial charge >= 0.3 is 11.9 Å². The molecule has 0 aliphatic rings. The van der Waals surface area contributed by atoms with Crippen molar-refractivity contribution in [2.45, 2.75) is 51.0 Å². The van der Waals surface area contributed by atoms with E-state index in [1.165, 1.54) is 6.39 Å². The van der Waals surface area contributed by atoms with E-state index in [0.717, 1.165) is 61.2 Å². The number of oxazole rings is 1. The second-order valence-corrected chi connectivity index (χ2v) is 16.3. The predicted molar refractivity (Wildman–Crippen MR) is 256 cm³/mol. The fraction of sp³-hybridized carbons (Fsp3) is 0.167. The Morgan fingerprint density at radius 3 is 2.06 bits per heavy atom. The Morgan fingerprint density at radius 1 is 0.647 bits per heavy atom. The van der Waals surface area contributed by atoms with Crippen LogP contribution >= 0.6 is 0 Å². The Morgan fingerprint density at radius 2 is 1.31 bits per heavy atom. The average Bonchev–Trinajstić information content (AvgIpc) is 4.04. The van der Waals surface area contributed by atoms with E-state index in [0.29, 0.717) is 24.7 Å². The first-order valence-electron chi connectivity index (χ1n) is 22.0. The van der Waals surface area contributed by atoms with E-state index in [1.807, 2.05) is 146 Å². The summed E-state index contributed by atoms with van der Waals surface area (Å²) in [6, 6.07) is 45.3. The lowest BCUT2D eigenvalue weighted by Gasteiger charge is -2.15. The number of H-pyrrole nitrogens is 1. The summed E-state index contributed by atoms with van der Waals surface area (Å²) in [5.74, 6) is -1.87. The van der Waals surface area contributed by atoms with E-state index < -0.39 is 29.9 Å². The number of nitrogens with zero attached hydrogens (tertiary/aromatic N) is 1. The maximum Gasteiger partial charge on any atom is 0.326 e. The van der Waals surface area contributed by atoms with Crippen molar-refractivity contribution in [1.82, 2.24) is 20.6 Å². The van der Waals surface area contributed by atoms with Crippen molar-refractivity contribution in [3.63, 3.8) is 0 Å². The van der Waals surface area contributed by atoms with Crippen LogP contribution in [0.5, 0.6) is 5.75 Å². The molecule has 0 saturated heterocycles. The molecule has 0 radical (unpaired) electrons. The summed E-state index contributed by atoms with van der Waals surface area (Å²) < 4.78 is 17.4. The summed E-state index contributed by atoms with van der Waals surface area (Å²) in [5.41, 5.74) is 8.61. The summed E-state index contributed by atoms with van der Waals surface area (Å²) in [5, 5.41) is 29.2. The molecule has 0 saturated carbocycles. The summed E-state index contributed by atoms with van der Waals surface area (Å²) in [6.07, 6.45) is 3.78. The lowest BCUT2D eigenvalue weighted by molar-refractivity contribution is -0.140.